The molecule has 3 aromatic rings. The molecule has 0 saturated carbocycles. The molecule has 7 nitrogen and oxygen atoms in total. The van der Waals surface area contributed by atoms with Crippen molar-refractivity contribution < 1.29 is 9.53 Å². The number of carbonyl (C=O) groups excluding carboxylic acids is 1. The molecular weight excluding hydrogens is 328 g/mol. The molecule has 1 unspecified atom stereocenters. The van der Waals surface area contributed by atoms with Gasteiger partial charge in [-0.15, -0.1) is 0 Å². The molecule has 8 heteroatoms. The van der Waals surface area contributed by atoms with Gasteiger partial charge in [0.1, 0.15) is 10.6 Å². The summed E-state index contributed by atoms with van der Waals surface area (Å²) in [5.74, 6) is -0.379. The molecule has 24 heavy (non-hydrogen) atoms. The Kier molecular flexibility index (Phi) is 4.39. The molecule has 0 aliphatic carbocycles. The van der Waals surface area contributed by atoms with Gasteiger partial charge in [0.25, 0.3) is 5.56 Å². The molecule has 2 aromatic heterocycles. The van der Waals surface area contributed by atoms with E-state index in [4.69, 9.17) is 4.74 Å². The van der Waals surface area contributed by atoms with E-state index in [2.05, 4.69) is 15.1 Å². The molecule has 1 aromatic carbocycles. The third-order valence-electron chi connectivity index (χ3n) is 3.58. The lowest BCUT2D eigenvalue weighted by atomic mass is 10.2. The van der Waals surface area contributed by atoms with Gasteiger partial charge in [0.2, 0.25) is 0 Å². The number of aromatic nitrogens is 4. The number of rotatable bonds is 4. The number of ether oxygens (including phenoxy) is 1. The van der Waals surface area contributed by atoms with E-state index in [0.29, 0.717) is 16.2 Å². The minimum Gasteiger partial charge on any atom is -0.468 e. The Morgan fingerprint density at radius 2 is 2.12 bits per heavy atom. The second-order valence-corrected chi connectivity index (χ2v) is 6.56. The third-order valence-corrected chi connectivity index (χ3v) is 4.54. The number of fused-ring (bicyclic) bond motifs is 1. The minimum atomic E-state index is -0.481. The number of aromatic amines is 1. The molecule has 0 radical (unpaired) electrons. The monoisotopic (exact) mass is 344 g/mol. The van der Waals surface area contributed by atoms with E-state index < -0.39 is 5.25 Å². The highest BCUT2D eigenvalue weighted by Gasteiger charge is 2.18. The molecule has 0 saturated heterocycles. The summed E-state index contributed by atoms with van der Waals surface area (Å²) >= 11 is 1.13. The Morgan fingerprint density at radius 3 is 2.83 bits per heavy atom. The number of hydrogen-bond donors (Lipinski definition) is 1. The lowest BCUT2D eigenvalue weighted by molar-refractivity contribution is -0.139. The number of para-hydroxylation sites is 1. The Balaban J connectivity index is 2.10. The van der Waals surface area contributed by atoms with E-state index in [0.717, 1.165) is 23.0 Å². The van der Waals surface area contributed by atoms with Crippen LogP contribution in [0.3, 0.4) is 0 Å². The number of nitrogens with zero attached hydrogens (tertiary/aromatic N) is 3. The molecule has 1 atom stereocenters. The zero-order valence-electron chi connectivity index (χ0n) is 13.4. The maximum atomic E-state index is 12.3. The van der Waals surface area contributed by atoms with Crippen LogP contribution in [-0.2, 0) is 9.53 Å². The molecular formula is C16H16N4O3S. The summed E-state index contributed by atoms with van der Waals surface area (Å²) in [6.45, 7) is 3.66. The van der Waals surface area contributed by atoms with Crippen LogP contribution in [0.15, 0.2) is 40.4 Å². The number of H-pyrrole nitrogens is 1. The molecule has 0 fully saturated rings. The summed E-state index contributed by atoms with van der Waals surface area (Å²) < 4.78 is 6.33. The predicted molar refractivity (Wildman–Crippen MR) is 91.6 cm³/mol. The summed E-state index contributed by atoms with van der Waals surface area (Å²) in [6.07, 6.45) is 1.49. The lowest BCUT2D eigenvalue weighted by Gasteiger charge is -2.09. The minimum absolute atomic E-state index is 0.292. The highest BCUT2D eigenvalue weighted by atomic mass is 32.2. The van der Waals surface area contributed by atoms with Crippen LogP contribution in [0.1, 0.15) is 12.5 Å². The van der Waals surface area contributed by atoms with Crippen LogP contribution < -0.4 is 5.56 Å². The Hall–Kier alpha value is -2.61. The maximum Gasteiger partial charge on any atom is 0.318 e. The van der Waals surface area contributed by atoms with Crippen LogP contribution in [-0.4, -0.2) is 38.1 Å². The molecule has 3 rings (SSSR count). The Bertz CT molecular complexity index is 963. The zero-order chi connectivity index (χ0) is 17.3. The molecule has 124 valence electrons. The average Bonchev–Trinajstić information content (AvgIpc) is 2.98. The second-order valence-electron chi connectivity index (χ2n) is 5.23. The van der Waals surface area contributed by atoms with Gasteiger partial charge >= 0.3 is 5.97 Å². The molecule has 0 aliphatic heterocycles. The van der Waals surface area contributed by atoms with Crippen molar-refractivity contribution in [2.24, 2.45) is 0 Å². The molecule has 0 amide bonds. The topological polar surface area (TPSA) is 89.9 Å². The number of nitrogens with one attached hydrogen (secondary N) is 1. The van der Waals surface area contributed by atoms with Crippen LogP contribution in [0, 0.1) is 6.92 Å². The summed E-state index contributed by atoms with van der Waals surface area (Å²) in [6, 6.07) is 7.71. The van der Waals surface area contributed by atoms with Crippen molar-refractivity contribution >= 4 is 28.8 Å². The van der Waals surface area contributed by atoms with E-state index in [9.17, 15) is 9.59 Å². The normalized spacial score (nSPS) is 12.3. The van der Waals surface area contributed by atoms with E-state index in [1.807, 2.05) is 31.2 Å². The Morgan fingerprint density at radius 1 is 1.38 bits per heavy atom. The second kappa shape index (κ2) is 6.48. The molecule has 0 spiro atoms. The third kappa shape index (κ3) is 2.92. The number of methoxy groups -OCH3 is 1. The fourth-order valence-electron chi connectivity index (χ4n) is 2.31. The summed E-state index contributed by atoms with van der Waals surface area (Å²) in [7, 11) is 1.33. The van der Waals surface area contributed by atoms with Crippen molar-refractivity contribution in [3.63, 3.8) is 0 Å². The van der Waals surface area contributed by atoms with Crippen molar-refractivity contribution in [3.05, 3.63) is 46.4 Å². The van der Waals surface area contributed by atoms with Crippen LogP contribution in [0.5, 0.6) is 0 Å². The SMILES string of the molecule is COC(=O)C(C)Sc1nc2c(cnn2-c2ccccc2C)c(=O)[nH]1. The number of hydrogen-bond acceptors (Lipinski definition) is 6. The molecule has 0 bridgehead atoms. The average molecular weight is 344 g/mol. The first kappa shape index (κ1) is 16.3. The van der Waals surface area contributed by atoms with Crippen molar-refractivity contribution in [2.45, 2.75) is 24.3 Å². The van der Waals surface area contributed by atoms with Crippen LogP contribution in [0.4, 0.5) is 0 Å². The van der Waals surface area contributed by atoms with Gasteiger partial charge in [-0.25, -0.2) is 9.67 Å². The van der Waals surface area contributed by atoms with E-state index in [-0.39, 0.29) is 11.5 Å². The van der Waals surface area contributed by atoms with Crippen molar-refractivity contribution in [3.8, 4) is 5.69 Å². The smallest absolute Gasteiger partial charge is 0.318 e. The zero-order valence-corrected chi connectivity index (χ0v) is 14.3. The largest absolute Gasteiger partial charge is 0.468 e. The maximum absolute atomic E-state index is 12.3. The van der Waals surface area contributed by atoms with Gasteiger partial charge in [0, 0.05) is 0 Å². The quantitative estimate of drug-likeness (QED) is 0.443. The summed E-state index contributed by atoms with van der Waals surface area (Å²) in [4.78, 5) is 31.0. The first-order valence-electron chi connectivity index (χ1n) is 7.30. The van der Waals surface area contributed by atoms with Gasteiger partial charge in [-0.3, -0.25) is 9.59 Å². The highest BCUT2D eigenvalue weighted by molar-refractivity contribution is 8.00. The number of thioether (sulfide) groups is 1. The van der Waals surface area contributed by atoms with Crippen LogP contribution in [0.2, 0.25) is 0 Å². The standard InChI is InChI=1S/C16H16N4O3S/c1-9-6-4-5-7-12(9)20-13-11(8-17-20)14(21)19-16(18-13)24-10(2)15(22)23-3/h4-8,10H,1-3H3,(H,18,19,21). The highest BCUT2D eigenvalue weighted by Crippen LogP contribution is 2.22. The van der Waals surface area contributed by atoms with E-state index >= 15 is 0 Å². The fourth-order valence-corrected chi connectivity index (χ4v) is 3.13. The predicted octanol–water partition coefficient (Wildman–Crippen LogP) is 2.07. The van der Waals surface area contributed by atoms with Crippen molar-refractivity contribution in [1.29, 1.82) is 0 Å². The van der Waals surface area contributed by atoms with E-state index in [1.165, 1.54) is 13.3 Å². The van der Waals surface area contributed by atoms with Gasteiger partial charge < -0.3 is 9.72 Å². The molecule has 1 N–H and O–H groups in total. The summed E-state index contributed by atoms with van der Waals surface area (Å²) in [5.41, 5.74) is 2.02. The van der Waals surface area contributed by atoms with Crippen molar-refractivity contribution in [2.75, 3.05) is 7.11 Å². The Labute approximate surface area is 142 Å². The molecule has 2 heterocycles. The van der Waals surface area contributed by atoms with Crippen LogP contribution in [0.25, 0.3) is 16.7 Å². The lowest BCUT2D eigenvalue weighted by Crippen LogP contribution is -2.17. The van der Waals surface area contributed by atoms with Gasteiger partial charge in [0.15, 0.2) is 10.8 Å². The first-order valence-corrected chi connectivity index (χ1v) is 8.17. The molecule has 0 aliphatic rings. The summed E-state index contributed by atoms with van der Waals surface area (Å²) in [5, 5.41) is 4.56. The van der Waals surface area contributed by atoms with Gasteiger partial charge in [-0.1, -0.05) is 30.0 Å². The number of aryl methyl sites for hydroxylation is 1. The van der Waals surface area contributed by atoms with E-state index in [1.54, 1.807) is 11.6 Å². The van der Waals surface area contributed by atoms with Gasteiger partial charge in [-0.05, 0) is 25.5 Å². The van der Waals surface area contributed by atoms with Gasteiger partial charge in [-0.2, -0.15) is 5.10 Å². The van der Waals surface area contributed by atoms with Gasteiger partial charge in [0.05, 0.1) is 19.0 Å². The number of benzene rings is 1. The van der Waals surface area contributed by atoms with Crippen LogP contribution >= 0.6 is 11.8 Å². The fraction of sp³-hybridized carbons (Fsp3) is 0.250. The van der Waals surface area contributed by atoms with Crippen molar-refractivity contribution in [1.82, 2.24) is 19.7 Å². The number of esters is 1. The number of carbonyl (C=O) groups is 1. The first-order chi connectivity index (χ1) is 11.5.